The minimum Gasteiger partial charge on any atom is -0.382 e. The quantitative estimate of drug-likeness (QED) is 0.868. The van der Waals surface area contributed by atoms with E-state index in [2.05, 4.69) is 5.32 Å². The molecule has 102 valence electrons. The Morgan fingerprint density at radius 1 is 1.28 bits per heavy atom. The Balaban J connectivity index is 3.08. The lowest BCUT2D eigenvalue weighted by atomic mass is 10.2. The second kappa shape index (κ2) is 6.13. The van der Waals surface area contributed by atoms with E-state index in [0.29, 0.717) is 0 Å². The highest BCUT2D eigenvalue weighted by Crippen LogP contribution is 2.26. The van der Waals surface area contributed by atoms with Gasteiger partial charge in [-0.3, -0.25) is 0 Å². The highest BCUT2D eigenvalue weighted by Gasteiger charge is 2.29. The lowest BCUT2D eigenvalue weighted by Gasteiger charge is -2.17. The zero-order chi connectivity index (χ0) is 13.8. The van der Waals surface area contributed by atoms with Gasteiger partial charge >= 0.3 is 5.76 Å². The van der Waals surface area contributed by atoms with Gasteiger partial charge in [-0.05, 0) is 25.5 Å². The second-order valence-electron chi connectivity index (χ2n) is 4.14. The molecule has 1 unspecified atom stereocenters. The molecule has 1 aromatic carbocycles. The summed E-state index contributed by atoms with van der Waals surface area (Å²) in [4.78, 5) is -0.344. The Morgan fingerprint density at radius 2 is 1.89 bits per heavy atom. The Bertz CT molecular complexity index is 489. The molecule has 0 fully saturated rings. The number of benzene rings is 1. The number of rotatable bonds is 6. The van der Waals surface area contributed by atoms with Crippen LogP contribution >= 0.6 is 0 Å². The van der Waals surface area contributed by atoms with Crippen molar-refractivity contribution in [2.75, 3.05) is 5.32 Å². The smallest absolute Gasteiger partial charge is 0.341 e. The maximum atomic E-state index is 12.5. The van der Waals surface area contributed by atoms with Crippen LogP contribution in [-0.2, 0) is 9.84 Å². The minimum atomic E-state index is -4.56. The molecule has 0 aliphatic rings. The SMILES string of the molecule is CCCC(C)Nc1ccccc1S(=O)(=O)C(F)F. The summed E-state index contributed by atoms with van der Waals surface area (Å²) in [5, 5.41) is 2.96. The van der Waals surface area contributed by atoms with Gasteiger partial charge in [-0.2, -0.15) is 8.78 Å². The maximum Gasteiger partial charge on any atom is 0.341 e. The molecule has 0 amide bonds. The van der Waals surface area contributed by atoms with Crippen molar-refractivity contribution in [1.29, 1.82) is 0 Å². The third-order valence-corrected chi connectivity index (χ3v) is 3.99. The molecule has 6 heteroatoms. The molecule has 0 saturated heterocycles. The van der Waals surface area contributed by atoms with Gasteiger partial charge < -0.3 is 5.32 Å². The fourth-order valence-electron chi connectivity index (χ4n) is 1.70. The van der Waals surface area contributed by atoms with E-state index in [9.17, 15) is 17.2 Å². The largest absolute Gasteiger partial charge is 0.382 e. The van der Waals surface area contributed by atoms with E-state index in [-0.39, 0.29) is 16.6 Å². The van der Waals surface area contributed by atoms with Crippen molar-refractivity contribution < 1.29 is 17.2 Å². The summed E-state index contributed by atoms with van der Waals surface area (Å²) in [5.41, 5.74) is 0.235. The first-order valence-electron chi connectivity index (χ1n) is 5.77. The Morgan fingerprint density at radius 3 is 2.44 bits per heavy atom. The lowest BCUT2D eigenvalue weighted by Crippen LogP contribution is -2.19. The van der Waals surface area contributed by atoms with Crippen molar-refractivity contribution in [3.63, 3.8) is 0 Å². The molecule has 1 aromatic rings. The normalized spacial score (nSPS) is 13.6. The van der Waals surface area contributed by atoms with Crippen molar-refractivity contribution in [3.05, 3.63) is 24.3 Å². The topological polar surface area (TPSA) is 46.2 Å². The summed E-state index contributed by atoms with van der Waals surface area (Å²) >= 11 is 0. The number of halogens is 2. The number of nitrogens with one attached hydrogen (secondary N) is 1. The van der Waals surface area contributed by atoms with Crippen LogP contribution in [0, 0.1) is 0 Å². The van der Waals surface area contributed by atoms with E-state index in [1.807, 2.05) is 13.8 Å². The van der Waals surface area contributed by atoms with Gasteiger partial charge in [-0.1, -0.05) is 25.5 Å². The Kier molecular flexibility index (Phi) is 5.07. The average molecular weight is 277 g/mol. The zero-order valence-corrected chi connectivity index (χ0v) is 11.2. The molecule has 1 N–H and O–H groups in total. The molecule has 0 aromatic heterocycles. The first-order chi connectivity index (χ1) is 8.39. The van der Waals surface area contributed by atoms with E-state index in [4.69, 9.17) is 0 Å². The van der Waals surface area contributed by atoms with Crippen molar-refractivity contribution in [2.24, 2.45) is 0 Å². The predicted octanol–water partition coefficient (Wildman–Crippen LogP) is 3.28. The van der Waals surface area contributed by atoms with Gasteiger partial charge in [-0.25, -0.2) is 8.42 Å². The van der Waals surface area contributed by atoms with E-state index in [0.717, 1.165) is 12.8 Å². The molecular weight excluding hydrogens is 260 g/mol. The van der Waals surface area contributed by atoms with Gasteiger partial charge in [0.25, 0.3) is 0 Å². The standard InChI is InChI=1S/C12H17F2NO2S/c1-3-6-9(2)15-10-7-4-5-8-11(10)18(16,17)12(13)14/h4-5,7-9,12,15H,3,6H2,1-2H3. The first kappa shape index (κ1) is 14.9. The average Bonchev–Trinajstić information content (AvgIpc) is 2.29. The lowest BCUT2D eigenvalue weighted by molar-refractivity contribution is 0.235. The van der Waals surface area contributed by atoms with Gasteiger partial charge in [0.2, 0.25) is 9.84 Å². The molecule has 0 bridgehead atoms. The summed E-state index contributed by atoms with van der Waals surface area (Å²) in [5.74, 6) is -3.40. The third kappa shape index (κ3) is 3.41. The summed E-state index contributed by atoms with van der Waals surface area (Å²) < 4.78 is 48.1. The van der Waals surface area contributed by atoms with E-state index in [1.54, 1.807) is 6.07 Å². The number of sulfone groups is 1. The molecular formula is C12H17F2NO2S. The molecule has 0 saturated carbocycles. The summed E-state index contributed by atoms with van der Waals surface area (Å²) in [7, 11) is -4.56. The van der Waals surface area contributed by atoms with Gasteiger partial charge in [0.1, 0.15) is 0 Å². The van der Waals surface area contributed by atoms with Crippen LogP contribution in [0.25, 0.3) is 0 Å². The summed E-state index contributed by atoms with van der Waals surface area (Å²) in [6.07, 6.45) is 1.76. The molecule has 1 atom stereocenters. The molecule has 0 aliphatic heterocycles. The monoisotopic (exact) mass is 277 g/mol. The highest BCUT2D eigenvalue weighted by molar-refractivity contribution is 7.91. The Labute approximate surface area is 106 Å². The van der Waals surface area contributed by atoms with Crippen LogP contribution in [0.2, 0.25) is 0 Å². The molecule has 0 aliphatic carbocycles. The van der Waals surface area contributed by atoms with E-state index < -0.39 is 15.6 Å². The molecule has 1 rings (SSSR count). The van der Waals surface area contributed by atoms with Crippen molar-refractivity contribution in [1.82, 2.24) is 0 Å². The summed E-state index contributed by atoms with van der Waals surface area (Å²) in [6, 6.07) is 5.78. The van der Waals surface area contributed by atoms with Crippen molar-refractivity contribution in [3.8, 4) is 0 Å². The number of alkyl halides is 2. The van der Waals surface area contributed by atoms with Crippen LogP contribution in [0.4, 0.5) is 14.5 Å². The van der Waals surface area contributed by atoms with Gasteiger partial charge in [0.05, 0.1) is 10.6 Å². The maximum absolute atomic E-state index is 12.5. The van der Waals surface area contributed by atoms with Crippen LogP contribution in [0.1, 0.15) is 26.7 Å². The van der Waals surface area contributed by atoms with Gasteiger partial charge in [0, 0.05) is 6.04 Å². The number of hydrogen-bond donors (Lipinski definition) is 1. The second-order valence-corrected chi connectivity index (χ2v) is 6.02. The van der Waals surface area contributed by atoms with E-state index >= 15 is 0 Å². The van der Waals surface area contributed by atoms with Crippen LogP contribution < -0.4 is 5.32 Å². The fraction of sp³-hybridized carbons (Fsp3) is 0.500. The highest BCUT2D eigenvalue weighted by atomic mass is 32.2. The zero-order valence-electron chi connectivity index (χ0n) is 10.4. The molecule has 3 nitrogen and oxygen atoms in total. The molecule has 0 heterocycles. The van der Waals surface area contributed by atoms with Crippen molar-refractivity contribution in [2.45, 2.75) is 43.4 Å². The van der Waals surface area contributed by atoms with Gasteiger partial charge in [0.15, 0.2) is 0 Å². The van der Waals surface area contributed by atoms with Crippen molar-refractivity contribution >= 4 is 15.5 Å². The predicted molar refractivity (Wildman–Crippen MR) is 67.6 cm³/mol. The number of para-hydroxylation sites is 1. The van der Waals surface area contributed by atoms with Gasteiger partial charge in [-0.15, -0.1) is 0 Å². The van der Waals surface area contributed by atoms with Crippen LogP contribution in [-0.4, -0.2) is 20.2 Å². The first-order valence-corrected chi connectivity index (χ1v) is 7.31. The summed E-state index contributed by atoms with van der Waals surface area (Å²) in [6.45, 7) is 3.88. The minimum absolute atomic E-state index is 0.0315. The molecule has 0 radical (unpaired) electrons. The van der Waals surface area contributed by atoms with E-state index in [1.165, 1.54) is 18.2 Å². The molecule has 0 spiro atoms. The Hall–Kier alpha value is -1.17. The number of anilines is 1. The number of hydrogen-bond acceptors (Lipinski definition) is 3. The molecule has 18 heavy (non-hydrogen) atoms. The van der Waals surface area contributed by atoms with Crippen LogP contribution in [0.15, 0.2) is 29.2 Å². The fourth-order valence-corrected chi connectivity index (χ4v) is 2.59. The van der Waals surface area contributed by atoms with Crippen LogP contribution in [0.5, 0.6) is 0 Å². The third-order valence-electron chi connectivity index (χ3n) is 2.55. The van der Waals surface area contributed by atoms with Crippen LogP contribution in [0.3, 0.4) is 0 Å².